The normalized spacial score (nSPS) is 11.0. The van der Waals surface area contributed by atoms with E-state index < -0.39 is 5.97 Å². The van der Waals surface area contributed by atoms with Crippen molar-refractivity contribution < 1.29 is 18.7 Å². The van der Waals surface area contributed by atoms with Crippen molar-refractivity contribution in [1.29, 1.82) is 0 Å². The maximum atomic E-state index is 13.1. The van der Waals surface area contributed by atoms with Crippen molar-refractivity contribution in [3.63, 3.8) is 0 Å². The molecule has 0 aliphatic heterocycles. The van der Waals surface area contributed by atoms with Crippen LogP contribution < -0.4 is 10.1 Å². The van der Waals surface area contributed by atoms with E-state index in [0.29, 0.717) is 29.2 Å². The number of nitrogens with one attached hydrogen (secondary N) is 1. The van der Waals surface area contributed by atoms with Gasteiger partial charge in [-0.1, -0.05) is 42.5 Å². The number of halogens is 1. The van der Waals surface area contributed by atoms with E-state index >= 15 is 0 Å². The van der Waals surface area contributed by atoms with E-state index in [2.05, 4.69) is 5.32 Å². The molecule has 0 heterocycles. The van der Waals surface area contributed by atoms with Crippen LogP contribution in [0.3, 0.4) is 0 Å². The lowest BCUT2D eigenvalue weighted by Crippen LogP contribution is -2.08. The van der Waals surface area contributed by atoms with Gasteiger partial charge in [0.15, 0.2) is 0 Å². The quantitative estimate of drug-likeness (QED) is 0.411. The number of ether oxygens (including phenoxy) is 2. The van der Waals surface area contributed by atoms with Crippen LogP contribution in [0.5, 0.6) is 5.75 Å². The van der Waals surface area contributed by atoms with Crippen LogP contribution in [-0.4, -0.2) is 12.6 Å². The number of rotatable bonds is 8. The molecule has 0 unspecified atom stereocenters. The molecule has 0 amide bonds. The SMILES string of the molecule is CCOC(=O)/C(=C/Nc1ccc(F)cc1)c1ccc(OCc2ccccc2)cc1. The zero-order chi connectivity index (χ0) is 20.5. The molecule has 0 atom stereocenters. The third-order valence-electron chi connectivity index (χ3n) is 4.14. The fourth-order valence-electron chi connectivity index (χ4n) is 2.64. The summed E-state index contributed by atoms with van der Waals surface area (Å²) in [6.07, 6.45) is 1.56. The van der Waals surface area contributed by atoms with Crippen LogP contribution in [0.25, 0.3) is 5.57 Å². The van der Waals surface area contributed by atoms with E-state index in [1.165, 1.54) is 12.1 Å². The number of carbonyl (C=O) groups is 1. The van der Waals surface area contributed by atoms with Gasteiger partial charge in [0, 0.05) is 11.9 Å². The van der Waals surface area contributed by atoms with Crippen molar-refractivity contribution in [3.05, 3.63) is 102 Å². The van der Waals surface area contributed by atoms with E-state index in [1.807, 2.05) is 42.5 Å². The molecule has 0 aromatic heterocycles. The maximum Gasteiger partial charge on any atom is 0.340 e. The fourth-order valence-corrected chi connectivity index (χ4v) is 2.64. The van der Waals surface area contributed by atoms with Crippen molar-refractivity contribution in [1.82, 2.24) is 0 Å². The summed E-state index contributed by atoms with van der Waals surface area (Å²) in [6, 6.07) is 23.0. The Labute approximate surface area is 169 Å². The first kappa shape index (κ1) is 20.1. The second-order valence-corrected chi connectivity index (χ2v) is 6.23. The molecule has 148 valence electrons. The topological polar surface area (TPSA) is 47.6 Å². The maximum absolute atomic E-state index is 13.1. The van der Waals surface area contributed by atoms with Crippen molar-refractivity contribution in [3.8, 4) is 5.75 Å². The minimum absolute atomic E-state index is 0.269. The van der Waals surface area contributed by atoms with Gasteiger partial charge in [0.05, 0.1) is 12.2 Å². The molecule has 0 aliphatic carbocycles. The highest BCUT2D eigenvalue weighted by Crippen LogP contribution is 2.21. The molecule has 4 nitrogen and oxygen atoms in total. The first-order valence-electron chi connectivity index (χ1n) is 9.32. The molecule has 0 aliphatic rings. The lowest BCUT2D eigenvalue weighted by molar-refractivity contribution is -0.136. The minimum Gasteiger partial charge on any atom is -0.489 e. The third kappa shape index (κ3) is 5.94. The van der Waals surface area contributed by atoms with Crippen molar-refractivity contribution >= 4 is 17.2 Å². The average Bonchev–Trinajstić information content (AvgIpc) is 2.75. The van der Waals surface area contributed by atoms with Gasteiger partial charge in [0.1, 0.15) is 18.2 Å². The Hall–Kier alpha value is -3.60. The van der Waals surface area contributed by atoms with E-state index in [-0.39, 0.29) is 12.4 Å². The molecule has 0 saturated carbocycles. The van der Waals surface area contributed by atoms with Crippen LogP contribution in [0.15, 0.2) is 85.1 Å². The molecule has 0 saturated heterocycles. The summed E-state index contributed by atoms with van der Waals surface area (Å²) in [6.45, 7) is 2.49. The summed E-state index contributed by atoms with van der Waals surface area (Å²) in [5.74, 6) is -0.0661. The number of anilines is 1. The summed E-state index contributed by atoms with van der Waals surface area (Å²) in [4.78, 5) is 12.4. The minimum atomic E-state index is -0.444. The van der Waals surface area contributed by atoms with E-state index in [4.69, 9.17) is 9.47 Å². The Morgan fingerprint density at radius 2 is 1.66 bits per heavy atom. The lowest BCUT2D eigenvalue weighted by atomic mass is 10.1. The van der Waals surface area contributed by atoms with Gasteiger partial charge in [-0.3, -0.25) is 0 Å². The summed E-state index contributed by atoms with van der Waals surface area (Å²) in [5, 5.41) is 3.01. The van der Waals surface area contributed by atoms with Gasteiger partial charge >= 0.3 is 5.97 Å². The third-order valence-corrected chi connectivity index (χ3v) is 4.14. The van der Waals surface area contributed by atoms with Gasteiger partial charge in [0.25, 0.3) is 0 Å². The highest BCUT2D eigenvalue weighted by molar-refractivity contribution is 6.16. The van der Waals surface area contributed by atoms with Crippen molar-refractivity contribution in [2.24, 2.45) is 0 Å². The molecule has 3 aromatic rings. The zero-order valence-corrected chi connectivity index (χ0v) is 16.1. The summed E-state index contributed by atoms with van der Waals surface area (Å²) >= 11 is 0. The predicted molar refractivity (Wildman–Crippen MR) is 112 cm³/mol. The van der Waals surface area contributed by atoms with Gasteiger partial charge in [-0.05, 0) is 54.4 Å². The summed E-state index contributed by atoms with van der Waals surface area (Å²) < 4.78 is 24.0. The van der Waals surface area contributed by atoms with Gasteiger partial charge in [-0.15, -0.1) is 0 Å². The Bertz CT molecular complexity index is 952. The first-order chi connectivity index (χ1) is 14.2. The molecule has 3 aromatic carbocycles. The smallest absolute Gasteiger partial charge is 0.340 e. The molecule has 5 heteroatoms. The van der Waals surface area contributed by atoms with Crippen LogP contribution in [0.4, 0.5) is 10.1 Å². The molecule has 3 rings (SSSR count). The van der Waals surface area contributed by atoms with Gasteiger partial charge in [0.2, 0.25) is 0 Å². The molecule has 0 bridgehead atoms. The number of hydrogen-bond donors (Lipinski definition) is 1. The predicted octanol–water partition coefficient (Wildman–Crippen LogP) is 5.42. The van der Waals surface area contributed by atoms with Gasteiger partial charge in [-0.25, -0.2) is 9.18 Å². The van der Waals surface area contributed by atoms with Crippen LogP contribution in [0, 0.1) is 5.82 Å². The summed E-state index contributed by atoms with van der Waals surface area (Å²) in [7, 11) is 0. The Kier molecular flexibility index (Phi) is 7.00. The van der Waals surface area contributed by atoms with Crippen LogP contribution in [0.2, 0.25) is 0 Å². The second-order valence-electron chi connectivity index (χ2n) is 6.23. The Morgan fingerprint density at radius 1 is 0.966 bits per heavy atom. The molecular formula is C24H22FNO3. The van der Waals surface area contributed by atoms with Crippen LogP contribution >= 0.6 is 0 Å². The van der Waals surface area contributed by atoms with Crippen LogP contribution in [-0.2, 0) is 16.1 Å². The molecular weight excluding hydrogens is 369 g/mol. The van der Waals surface area contributed by atoms with Crippen molar-refractivity contribution in [2.75, 3.05) is 11.9 Å². The number of hydrogen-bond acceptors (Lipinski definition) is 4. The van der Waals surface area contributed by atoms with Crippen molar-refractivity contribution in [2.45, 2.75) is 13.5 Å². The molecule has 29 heavy (non-hydrogen) atoms. The number of esters is 1. The molecule has 1 N–H and O–H groups in total. The Morgan fingerprint density at radius 3 is 2.31 bits per heavy atom. The number of carbonyl (C=O) groups excluding carboxylic acids is 1. The average molecular weight is 391 g/mol. The number of benzene rings is 3. The highest BCUT2D eigenvalue weighted by Gasteiger charge is 2.13. The molecule has 0 spiro atoms. The summed E-state index contributed by atoms with van der Waals surface area (Å²) in [5.41, 5.74) is 2.79. The zero-order valence-electron chi connectivity index (χ0n) is 16.1. The van der Waals surface area contributed by atoms with E-state index in [1.54, 1.807) is 37.4 Å². The highest BCUT2D eigenvalue weighted by atomic mass is 19.1. The molecule has 0 radical (unpaired) electrons. The largest absolute Gasteiger partial charge is 0.489 e. The first-order valence-corrected chi connectivity index (χ1v) is 9.32. The van der Waals surface area contributed by atoms with Gasteiger partial charge in [-0.2, -0.15) is 0 Å². The second kappa shape index (κ2) is 10.1. The van der Waals surface area contributed by atoms with E-state index in [9.17, 15) is 9.18 Å². The van der Waals surface area contributed by atoms with E-state index in [0.717, 1.165) is 5.56 Å². The fraction of sp³-hybridized carbons (Fsp3) is 0.125. The molecule has 0 fully saturated rings. The van der Waals surface area contributed by atoms with Gasteiger partial charge < -0.3 is 14.8 Å². The Balaban J connectivity index is 1.73. The standard InChI is InChI=1S/C24H22FNO3/c1-2-28-24(27)23(16-26-21-12-10-20(25)11-13-21)19-8-14-22(15-9-19)29-17-18-6-4-3-5-7-18/h3-16,26H,2,17H2,1H3/b23-16+. The monoisotopic (exact) mass is 391 g/mol. The lowest BCUT2D eigenvalue weighted by Gasteiger charge is -2.10. The van der Waals surface area contributed by atoms with Crippen LogP contribution in [0.1, 0.15) is 18.1 Å².